The number of hydrogen-bond acceptors (Lipinski definition) is 3. The Bertz CT molecular complexity index is 1440. The highest BCUT2D eigenvalue weighted by atomic mass is 35.5. The molecule has 0 aromatic heterocycles. The third kappa shape index (κ3) is 4.63. The normalized spacial score (nSPS) is 11.8. The molecule has 0 heterocycles. The van der Waals surface area contributed by atoms with Crippen molar-refractivity contribution in [2.24, 2.45) is 0 Å². The molecule has 0 spiro atoms. The molecule has 0 aliphatic heterocycles. The summed E-state index contributed by atoms with van der Waals surface area (Å²) < 4.78 is 27.1. The molecule has 0 atom stereocenters. The maximum absolute atomic E-state index is 13.5. The summed E-state index contributed by atoms with van der Waals surface area (Å²) >= 11 is 12.0. The molecule has 0 saturated carbocycles. The van der Waals surface area contributed by atoms with Gasteiger partial charge in [0.2, 0.25) is 0 Å². The molecule has 4 aromatic rings. The zero-order valence-electron chi connectivity index (χ0n) is 17.7. The standard InChI is InChI=1S/C26H22Cl2O3S/c1-16-9-17(2)26(32(30,31)15-22-13-23(27)14-24(28)25(22)29)21(10-16)12-18-7-8-19-5-3-4-6-20(19)11-18/h3-11,13-14,29H,12,15H2,1-2H3. The molecule has 0 aliphatic rings. The number of hydrogen-bond donors (Lipinski definition) is 1. The third-order valence-electron chi connectivity index (χ3n) is 5.47. The van der Waals surface area contributed by atoms with Crippen molar-refractivity contribution in [2.75, 3.05) is 0 Å². The van der Waals surface area contributed by atoms with Crippen molar-refractivity contribution in [1.29, 1.82) is 0 Å². The molecule has 3 nitrogen and oxygen atoms in total. The molecule has 1 N–H and O–H groups in total. The van der Waals surface area contributed by atoms with E-state index in [4.69, 9.17) is 23.2 Å². The minimum Gasteiger partial charge on any atom is -0.506 e. The van der Waals surface area contributed by atoms with Crippen LogP contribution in [0.15, 0.2) is 71.6 Å². The molecule has 6 heteroatoms. The Morgan fingerprint density at radius 3 is 2.31 bits per heavy atom. The first-order chi connectivity index (χ1) is 15.1. The second kappa shape index (κ2) is 8.78. The smallest absolute Gasteiger partial charge is 0.183 e. The summed E-state index contributed by atoms with van der Waals surface area (Å²) in [5.41, 5.74) is 3.60. The van der Waals surface area contributed by atoms with Gasteiger partial charge in [0.15, 0.2) is 9.84 Å². The van der Waals surface area contributed by atoms with Crippen LogP contribution in [0.4, 0.5) is 0 Å². The highest BCUT2D eigenvalue weighted by Gasteiger charge is 2.25. The van der Waals surface area contributed by atoms with Crippen molar-refractivity contribution in [1.82, 2.24) is 0 Å². The molecular formula is C26H22Cl2O3S. The zero-order chi connectivity index (χ0) is 23.0. The van der Waals surface area contributed by atoms with E-state index in [1.165, 1.54) is 12.1 Å². The minimum atomic E-state index is -3.79. The lowest BCUT2D eigenvalue weighted by atomic mass is 9.98. The fourth-order valence-corrected chi connectivity index (χ4v) is 6.58. The first-order valence-electron chi connectivity index (χ1n) is 10.1. The van der Waals surface area contributed by atoms with Crippen LogP contribution in [0.2, 0.25) is 10.0 Å². The largest absolute Gasteiger partial charge is 0.506 e. The van der Waals surface area contributed by atoms with Crippen LogP contribution in [0.25, 0.3) is 10.8 Å². The van der Waals surface area contributed by atoms with E-state index in [0.717, 1.165) is 27.5 Å². The molecule has 32 heavy (non-hydrogen) atoms. The lowest BCUT2D eigenvalue weighted by Gasteiger charge is -2.16. The highest BCUT2D eigenvalue weighted by Crippen LogP contribution is 2.35. The van der Waals surface area contributed by atoms with Gasteiger partial charge in [-0.25, -0.2) is 8.42 Å². The zero-order valence-corrected chi connectivity index (χ0v) is 20.0. The van der Waals surface area contributed by atoms with E-state index in [1.807, 2.05) is 49.4 Å². The molecule has 0 saturated heterocycles. The SMILES string of the molecule is Cc1cc(C)c(S(=O)(=O)Cc2cc(Cl)cc(Cl)c2O)c(Cc2ccc3ccccc3c2)c1. The van der Waals surface area contributed by atoms with Crippen LogP contribution in [-0.2, 0) is 22.0 Å². The third-order valence-corrected chi connectivity index (χ3v) is 7.87. The maximum Gasteiger partial charge on any atom is 0.183 e. The van der Waals surface area contributed by atoms with Crippen molar-refractivity contribution in [3.8, 4) is 5.75 Å². The first-order valence-corrected chi connectivity index (χ1v) is 12.5. The molecule has 0 unspecified atom stereocenters. The first kappa shape index (κ1) is 22.7. The van der Waals surface area contributed by atoms with Crippen molar-refractivity contribution in [2.45, 2.75) is 30.9 Å². The number of halogens is 2. The predicted octanol–water partition coefficient (Wildman–Crippen LogP) is 7.03. The van der Waals surface area contributed by atoms with Crippen LogP contribution >= 0.6 is 23.2 Å². The fraction of sp³-hybridized carbons (Fsp3) is 0.154. The number of sulfone groups is 1. The summed E-state index contributed by atoms with van der Waals surface area (Å²) in [6.07, 6.45) is 0.476. The number of fused-ring (bicyclic) bond motifs is 1. The van der Waals surface area contributed by atoms with Crippen LogP contribution in [0.5, 0.6) is 5.75 Å². The van der Waals surface area contributed by atoms with Gasteiger partial charge in [-0.1, -0.05) is 83.4 Å². The Morgan fingerprint density at radius 1 is 0.844 bits per heavy atom. The van der Waals surface area contributed by atoms with Gasteiger partial charge in [0, 0.05) is 10.6 Å². The number of phenols is 1. The average Bonchev–Trinajstić information content (AvgIpc) is 2.70. The molecular weight excluding hydrogens is 463 g/mol. The van der Waals surface area contributed by atoms with Gasteiger partial charge in [0.05, 0.1) is 15.7 Å². The van der Waals surface area contributed by atoms with Gasteiger partial charge in [0.25, 0.3) is 0 Å². The van der Waals surface area contributed by atoms with Crippen LogP contribution in [0, 0.1) is 13.8 Å². The molecule has 164 valence electrons. The van der Waals surface area contributed by atoms with Gasteiger partial charge in [-0.3, -0.25) is 0 Å². The maximum atomic E-state index is 13.5. The van der Waals surface area contributed by atoms with Crippen molar-refractivity contribution in [3.05, 3.63) is 105 Å². The van der Waals surface area contributed by atoms with Crippen molar-refractivity contribution < 1.29 is 13.5 Å². The molecule has 0 bridgehead atoms. The monoisotopic (exact) mass is 484 g/mol. The molecule has 0 fully saturated rings. The summed E-state index contributed by atoms with van der Waals surface area (Å²) in [7, 11) is -3.79. The van der Waals surface area contributed by atoms with E-state index in [9.17, 15) is 13.5 Å². The molecule has 0 radical (unpaired) electrons. The molecule has 0 amide bonds. The van der Waals surface area contributed by atoms with E-state index in [0.29, 0.717) is 12.0 Å². The Hall–Kier alpha value is -2.53. The summed E-state index contributed by atoms with van der Waals surface area (Å²) in [6, 6.07) is 20.8. The van der Waals surface area contributed by atoms with E-state index in [-0.39, 0.29) is 26.3 Å². The topological polar surface area (TPSA) is 54.4 Å². The second-order valence-electron chi connectivity index (χ2n) is 8.08. The van der Waals surface area contributed by atoms with E-state index >= 15 is 0 Å². The summed E-state index contributed by atoms with van der Waals surface area (Å²) in [5, 5.41) is 12.8. The molecule has 4 aromatic carbocycles. The summed E-state index contributed by atoms with van der Waals surface area (Å²) in [4.78, 5) is 0.284. The number of rotatable bonds is 5. The van der Waals surface area contributed by atoms with Gasteiger partial charge in [-0.15, -0.1) is 0 Å². The van der Waals surface area contributed by atoms with Crippen LogP contribution < -0.4 is 0 Å². The quantitative estimate of drug-likeness (QED) is 0.330. The van der Waals surface area contributed by atoms with Gasteiger partial charge in [-0.05, 0) is 59.9 Å². The predicted molar refractivity (Wildman–Crippen MR) is 132 cm³/mol. The van der Waals surface area contributed by atoms with Gasteiger partial charge in [0.1, 0.15) is 5.75 Å². The number of benzene rings is 4. The van der Waals surface area contributed by atoms with Gasteiger partial charge < -0.3 is 5.11 Å². The fourth-order valence-electron chi connectivity index (χ4n) is 4.19. The van der Waals surface area contributed by atoms with Gasteiger partial charge >= 0.3 is 0 Å². The van der Waals surface area contributed by atoms with Crippen LogP contribution in [0.3, 0.4) is 0 Å². The number of phenolic OH excluding ortho intramolecular Hbond substituents is 1. The van der Waals surface area contributed by atoms with Crippen LogP contribution in [-0.4, -0.2) is 13.5 Å². The van der Waals surface area contributed by atoms with E-state index in [2.05, 4.69) is 12.1 Å². The summed E-state index contributed by atoms with van der Waals surface area (Å²) in [5.74, 6) is -0.659. The lowest BCUT2D eigenvalue weighted by Crippen LogP contribution is -2.11. The summed E-state index contributed by atoms with van der Waals surface area (Å²) in [6.45, 7) is 3.75. The highest BCUT2D eigenvalue weighted by molar-refractivity contribution is 7.90. The number of aryl methyl sites for hydroxylation is 2. The Kier molecular flexibility index (Phi) is 6.22. The second-order valence-corrected chi connectivity index (χ2v) is 10.9. The molecule has 4 rings (SSSR count). The van der Waals surface area contributed by atoms with Crippen molar-refractivity contribution in [3.63, 3.8) is 0 Å². The minimum absolute atomic E-state index is 0.0275. The lowest BCUT2D eigenvalue weighted by molar-refractivity contribution is 0.470. The van der Waals surface area contributed by atoms with E-state index < -0.39 is 15.6 Å². The van der Waals surface area contributed by atoms with Crippen LogP contribution in [0.1, 0.15) is 27.8 Å². The Morgan fingerprint density at radius 2 is 1.56 bits per heavy atom. The molecule has 0 aliphatic carbocycles. The Balaban J connectivity index is 1.78. The van der Waals surface area contributed by atoms with Crippen molar-refractivity contribution >= 4 is 43.8 Å². The average molecular weight is 485 g/mol. The van der Waals surface area contributed by atoms with E-state index in [1.54, 1.807) is 6.92 Å². The number of aromatic hydroxyl groups is 1. The van der Waals surface area contributed by atoms with Gasteiger partial charge in [-0.2, -0.15) is 0 Å². The Labute approximate surface area is 198 Å².